The Labute approximate surface area is 111 Å². The third-order valence-electron chi connectivity index (χ3n) is 4.57. The summed E-state index contributed by atoms with van der Waals surface area (Å²) in [6.07, 6.45) is 7.46. The molecule has 1 saturated heterocycles. The molecule has 1 heterocycles. The van der Waals surface area contributed by atoms with Crippen LogP contribution in [0.3, 0.4) is 0 Å². The molecule has 0 atom stereocenters. The molecule has 2 amide bonds. The van der Waals surface area contributed by atoms with Crippen LogP contribution >= 0.6 is 0 Å². The molecule has 0 spiro atoms. The molecule has 0 aromatic heterocycles. The minimum Gasteiger partial charge on any atom is -0.338 e. The molecule has 2 rings (SSSR count). The van der Waals surface area contributed by atoms with Crippen LogP contribution < -0.4 is 5.32 Å². The number of amides is 2. The summed E-state index contributed by atoms with van der Waals surface area (Å²) in [5.41, 5.74) is 0. The van der Waals surface area contributed by atoms with Gasteiger partial charge < -0.3 is 15.1 Å². The van der Waals surface area contributed by atoms with E-state index in [1.807, 2.05) is 11.9 Å². The first kappa shape index (κ1) is 13.7. The van der Waals surface area contributed by atoms with Gasteiger partial charge >= 0.3 is 6.03 Å². The largest absolute Gasteiger partial charge is 0.338 e. The van der Waals surface area contributed by atoms with Gasteiger partial charge in [-0.05, 0) is 51.7 Å². The summed E-state index contributed by atoms with van der Waals surface area (Å²) < 4.78 is 0. The van der Waals surface area contributed by atoms with Crippen LogP contribution in [0.1, 0.15) is 38.5 Å². The molecule has 0 aromatic carbocycles. The Hall–Kier alpha value is -0.770. The van der Waals surface area contributed by atoms with Gasteiger partial charge in [0.15, 0.2) is 0 Å². The van der Waals surface area contributed by atoms with E-state index < -0.39 is 0 Å². The molecule has 104 valence electrons. The highest BCUT2D eigenvalue weighted by atomic mass is 16.2. The average molecular weight is 253 g/mol. The van der Waals surface area contributed by atoms with Gasteiger partial charge in [0.25, 0.3) is 0 Å². The number of piperidine rings is 1. The molecule has 2 aliphatic rings. The Balaban J connectivity index is 1.70. The molecule has 1 aliphatic carbocycles. The van der Waals surface area contributed by atoms with Crippen LogP contribution in [-0.2, 0) is 0 Å². The first-order valence-corrected chi connectivity index (χ1v) is 7.36. The van der Waals surface area contributed by atoms with Crippen LogP contribution in [0.4, 0.5) is 4.79 Å². The molecule has 2 fully saturated rings. The topological polar surface area (TPSA) is 35.6 Å². The molecule has 0 radical (unpaired) electrons. The number of carbonyl (C=O) groups excluding carboxylic acids is 1. The zero-order chi connectivity index (χ0) is 13.0. The average Bonchev–Trinajstić information content (AvgIpc) is 2.89. The van der Waals surface area contributed by atoms with E-state index >= 15 is 0 Å². The van der Waals surface area contributed by atoms with Crippen molar-refractivity contribution in [3.8, 4) is 0 Å². The number of rotatable bonds is 3. The van der Waals surface area contributed by atoms with Crippen LogP contribution in [0, 0.1) is 5.92 Å². The van der Waals surface area contributed by atoms with Crippen LogP contribution in [0.15, 0.2) is 0 Å². The summed E-state index contributed by atoms with van der Waals surface area (Å²) in [4.78, 5) is 16.3. The zero-order valence-corrected chi connectivity index (χ0v) is 11.8. The van der Waals surface area contributed by atoms with E-state index in [1.165, 1.54) is 25.7 Å². The summed E-state index contributed by atoms with van der Waals surface area (Å²) in [7, 11) is 4.09. The number of nitrogens with zero attached hydrogens (tertiary/aromatic N) is 2. The zero-order valence-electron chi connectivity index (χ0n) is 11.8. The van der Waals surface area contributed by atoms with Crippen molar-refractivity contribution in [2.24, 2.45) is 5.92 Å². The molecule has 18 heavy (non-hydrogen) atoms. The van der Waals surface area contributed by atoms with Crippen molar-refractivity contribution in [2.75, 3.05) is 33.7 Å². The van der Waals surface area contributed by atoms with Gasteiger partial charge in [0.05, 0.1) is 0 Å². The van der Waals surface area contributed by atoms with E-state index in [-0.39, 0.29) is 6.03 Å². The Morgan fingerprint density at radius 2 is 1.83 bits per heavy atom. The summed E-state index contributed by atoms with van der Waals surface area (Å²) in [6.45, 7) is 3.08. The molecular formula is C14H27N3O. The van der Waals surface area contributed by atoms with Gasteiger partial charge in [-0.3, -0.25) is 0 Å². The highest BCUT2D eigenvalue weighted by molar-refractivity contribution is 5.74. The third-order valence-corrected chi connectivity index (χ3v) is 4.57. The highest BCUT2D eigenvalue weighted by Gasteiger charge is 2.24. The predicted molar refractivity (Wildman–Crippen MR) is 73.6 cm³/mol. The van der Waals surface area contributed by atoms with Crippen LogP contribution in [0.25, 0.3) is 0 Å². The van der Waals surface area contributed by atoms with Gasteiger partial charge in [-0.2, -0.15) is 0 Å². The van der Waals surface area contributed by atoms with E-state index in [0.717, 1.165) is 38.4 Å². The van der Waals surface area contributed by atoms with Crippen LogP contribution in [0.2, 0.25) is 0 Å². The maximum Gasteiger partial charge on any atom is 0.317 e. The fraction of sp³-hybridized carbons (Fsp3) is 0.929. The Kier molecular flexibility index (Phi) is 4.87. The molecule has 0 bridgehead atoms. The number of carbonyl (C=O) groups is 1. The van der Waals surface area contributed by atoms with Crippen molar-refractivity contribution in [1.29, 1.82) is 0 Å². The van der Waals surface area contributed by atoms with E-state index in [2.05, 4.69) is 17.3 Å². The SMILES string of the molecule is CN1CCC(N(C)C(=O)NCC2CCCC2)CC1. The van der Waals surface area contributed by atoms with Crippen LogP contribution in [0.5, 0.6) is 0 Å². The second-order valence-electron chi connectivity index (χ2n) is 5.98. The lowest BCUT2D eigenvalue weighted by atomic mass is 10.0. The monoisotopic (exact) mass is 253 g/mol. The van der Waals surface area contributed by atoms with E-state index in [4.69, 9.17) is 0 Å². The predicted octanol–water partition coefficient (Wildman–Crippen LogP) is 1.91. The number of nitrogens with one attached hydrogen (secondary N) is 1. The quantitative estimate of drug-likeness (QED) is 0.834. The minimum atomic E-state index is 0.122. The number of hydrogen-bond acceptors (Lipinski definition) is 2. The number of likely N-dealkylation sites (tertiary alicyclic amines) is 1. The second kappa shape index (κ2) is 6.41. The van der Waals surface area contributed by atoms with E-state index in [0.29, 0.717) is 6.04 Å². The Bertz CT molecular complexity index is 268. The minimum absolute atomic E-state index is 0.122. The number of hydrogen-bond donors (Lipinski definition) is 1. The van der Waals surface area contributed by atoms with Gasteiger partial charge in [-0.25, -0.2) is 4.79 Å². The standard InChI is InChI=1S/C14H27N3O/c1-16-9-7-13(8-10-16)17(2)14(18)15-11-12-5-3-4-6-12/h12-13H,3-11H2,1-2H3,(H,15,18). The Morgan fingerprint density at radius 1 is 1.22 bits per heavy atom. The van der Waals surface area contributed by atoms with Crippen LogP contribution in [-0.4, -0.2) is 55.6 Å². The van der Waals surface area contributed by atoms with Crippen molar-refractivity contribution < 1.29 is 4.79 Å². The molecule has 1 N–H and O–H groups in total. The summed E-state index contributed by atoms with van der Waals surface area (Å²) in [5.74, 6) is 0.722. The van der Waals surface area contributed by atoms with Crippen molar-refractivity contribution >= 4 is 6.03 Å². The fourth-order valence-corrected chi connectivity index (χ4v) is 3.12. The number of urea groups is 1. The van der Waals surface area contributed by atoms with Crippen molar-refractivity contribution in [2.45, 2.75) is 44.6 Å². The van der Waals surface area contributed by atoms with E-state index in [1.54, 1.807) is 0 Å². The second-order valence-corrected chi connectivity index (χ2v) is 5.98. The fourth-order valence-electron chi connectivity index (χ4n) is 3.12. The smallest absolute Gasteiger partial charge is 0.317 e. The summed E-state index contributed by atoms with van der Waals surface area (Å²) in [6, 6.07) is 0.543. The first-order chi connectivity index (χ1) is 8.66. The first-order valence-electron chi connectivity index (χ1n) is 7.36. The van der Waals surface area contributed by atoms with Crippen molar-refractivity contribution in [3.63, 3.8) is 0 Å². The maximum absolute atomic E-state index is 12.1. The molecule has 1 saturated carbocycles. The van der Waals surface area contributed by atoms with E-state index in [9.17, 15) is 4.79 Å². The third kappa shape index (κ3) is 3.61. The normalized spacial score (nSPS) is 23.2. The summed E-state index contributed by atoms with van der Waals surface area (Å²) >= 11 is 0. The molecular weight excluding hydrogens is 226 g/mol. The van der Waals surface area contributed by atoms with Gasteiger partial charge in [-0.15, -0.1) is 0 Å². The lowest BCUT2D eigenvalue weighted by Crippen LogP contribution is -2.48. The lowest BCUT2D eigenvalue weighted by Gasteiger charge is -2.35. The molecule has 4 nitrogen and oxygen atoms in total. The lowest BCUT2D eigenvalue weighted by molar-refractivity contribution is 0.147. The summed E-state index contributed by atoms with van der Waals surface area (Å²) in [5, 5.41) is 3.11. The maximum atomic E-state index is 12.1. The Morgan fingerprint density at radius 3 is 2.44 bits per heavy atom. The molecule has 1 aliphatic heterocycles. The van der Waals surface area contributed by atoms with Crippen molar-refractivity contribution in [3.05, 3.63) is 0 Å². The van der Waals surface area contributed by atoms with Gasteiger partial charge in [-0.1, -0.05) is 12.8 Å². The molecule has 4 heteroatoms. The highest BCUT2D eigenvalue weighted by Crippen LogP contribution is 2.23. The van der Waals surface area contributed by atoms with Crippen molar-refractivity contribution in [1.82, 2.24) is 15.1 Å². The van der Waals surface area contributed by atoms with Gasteiger partial charge in [0.2, 0.25) is 0 Å². The van der Waals surface area contributed by atoms with Gasteiger partial charge in [0, 0.05) is 19.6 Å². The molecule has 0 aromatic rings. The molecule has 0 unspecified atom stereocenters. The van der Waals surface area contributed by atoms with Gasteiger partial charge in [0.1, 0.15) is 0 Å².